The third-order valence-corrected chi connectivity index (χ3v) is 3.69. The number of esters is 1. The van der Waals surface area contributed by atoms with Gasteiger partial charge < -0.3 is 4.74 Å². The van der Waals surface area contributed by atoms with E-state index in [-0.39, 0.29) is 11.9 Å². The largest absolute Gasteiger partial charge is 0.462 e. The van der Waals surface area contributed by atoms with E-state index in [0.717, 1.165) is 16.1 Å². The second-order valence-corrected chi connectivity index (χ2v) is 5.29. The number of rotatable bonds is 4. The molecule has 1 heterocycles. The molecule has 1 aromatic heterocycles. The highest BCUT2D eigenvalue weighted by molar-refractivity contribution is 7.10. The van der Waals surface area contributed by atoms with Crippen LogP contribution in [0, 0.1) is 0 Å². The van der Waals surface area contributed by atoms with Crippen molar-refractivity contribution in [2.75, 3.05) is 6.61 Å². The highest BCUT2D eigenvalue weighted by atomic mass is 32.1. The summed E-state index contributed by atoms with van der Waals surface area (Å²) >= 11 is 1.36. The van der Waals surface area contributed by atoms with E-state index < -0.39 is 0 Å². The van der Waals surface area contributed by atoms with Crippen LogP contribution in [0.15, 0.2) is 30.3 Å². The molecule has 0 aliphatic rings. The van der Waals surface area contributed by atoms with Gasteiger partial charge in [0.05, 0.1) is 17.2 Å². The highest BCUT2D eigenvalue weighted by Gasteiger charge is 2.24. The zero-order chi connectivity index (χ0) is 13.8. The van der Waals surface area contributed by atoms with Crippen LogP contribution in [0.2, 0.25) is 0 Å². The monoisotopic (exact) mass is 275 g/mol. The number of carbonyl (C=O) groups excluding carboxylic acids is 1. The lowest BCUT2D eigenvalue weighted by atomic mass is 10.0. The lowest BCUT2D eigenvalue weighted by Gasteiger charge is -2.07. The molecule has 0 saturated heterocycles. The molecule has 3 nitrogen and oxygen atoms in total. The predicted molar refractivity (Wildman–Crippen MR) is 77.6 cm³/mol. The summed E-state index contributed by atoms with van der Waals surface area (Å²) in [4.78, 5) is 13.1. The van der Waals surface area contributed by atoms with Gasteiger partial charge in [-0.2, -0.15) is 4.37 Å². The van der Waals surface area contributed by atoms with Crippen LogP contribution in [-0.4, -0.2) is 16.9 Å². The number of ether oxygens (including phenoxy) is 1. The Morgan fingerprint density at radius 1 is 1.32 bits per heavy atom. The minimum Gasteiger partial charge on any atom is -0.462 e. The van der Waals surface area contributed by atoms with Gasteiger partial charge >= 0.3 is 5.97 Å². The normalized spacial score (nSPS) is 10.7. The Labute approximate surface area is 117 Å². The Balaban J connectivity index is 2.53. The van der Waals surface area contributed by atoms with Crippen LogP contribution in [0.5, 0.6) is 0 Å². The number of nitrogens with zero attached hydrogens (tertiary/aromatic N) is 1. The first-order chi connectivity index (χ1) is 9.15. The maximum atomic E-state index is 12.2. The number of benzene rings is 1. The summed E-state index contributed by atoms with van der Waals surface area (Å²) in [5, 5.41) is 0. The molecular formula is C15H17NO2S. The van der Waals surface area contributed by atoms with Gasteiger partial charge in [-0.05, 0) is 29.9 Å². The van der Waals surface area contributed by atoms with Gasteiger partial charge in [-0.3, -0.25) is 0 Å². The van der Waals surface area contributed by atoms with Crippen molar-refractivity contribution in [3.05, 3.63) is 41.6 Å². The van der Waals surface area contributed by atoms with E-state index in [0.29, 0.717) is 12.2 Å². The average molecular weight is 275 g/mol. The Kier molecular flexibility index (Phi) is 4.32. The fourth-order valence-corrected chi connectivity index (χ4v) is 2.90. The minimum atomic E-state index is -0.279. The molecule has 0 aliphatic heterocycles. The van der Waals surface area contributed by atoms with E-state index in [9.17, 15) is 4.79 Å². The topological polar surface area (TPSA) is 39.2 Å². The second-order valence-electron chi connectivity index (χ2n) is 4.51. The van der Waals surface area contributed by atoms with Crippen molar-refractivity contribution in [1.82, 2.24) is 4.37 Å². The Hall–Kier alpha value is -1.68. The van der Waals surface area contributed by atoms with Gasteiger partial charge in [-0.1, -0.05) is 44.2 Å². The molecule has 1 aromatic carbocycles. The minimum absolute atomic E-state index is 0.202. The molecule has 2 aromatic rings. The predicted octanol–water partition coefficient (Wildman–Crippen LogP) is 4.11. The van der Waals surface area contributed by atoms with E-state index in [2.05, 4.69) is 4.37 Å². The molecule has 0 unspecified atom stereocenters. The van der Waals surface area contributed by atoms with Crippen molar-refractivity contribution in [2.45, 2.75) is 26.7 Å². The lowest BCUT2D eigenvalue weighted by molar-refractivity contribution is 0.0526. The van der Waals surface area contributed by atoms with Crippen molar-refractivity contribution < 1.29 is 9.53 Å². The van der Waals surface area contributed by atoms with E-state index in [1.54, 1.807) is 0 Å². The summed E-state index contributed by atoms with van der Waals surface area (Å²) in [6.07, 6.45) is 0. The van der Waals surface area contributed by atoms with Crippen molar-refractivity contribution >= 4 is 17.5 Å². The first-order valence-electron chi connectivity index (χ1n) is 6.37. The molecule has 0 bridgehead atoms. The number of aromatic nitrogens is 1. The van der Waals surface area contributed by atoms with Crippen LogP contribution in [0.4, 0.5) is 0 Å². The van der Waals surface area contributed by atoms with Crippen LogP contribution in [0.3, 0.4) is 0 Å². The van der Waals surface area contributed by atoms with Gasteiger partial charge in [0.1, 0.15) is 5.56 Å². The van der Waals surface area contributed by atoms with Crippen LogP contribution < -0.4 is 0 Å². The Morgan fingerprint density at radius 3 is 2.58 bits per heavy atom. The molecule has 0 spiro atoms. The molecule has 0 radical (unpaired) electrons. The van der Waals surface area contributed by atoms with Crippen LogP contribution >= 0.6 is 11.5 Å². The molecule has 0 aliphatic carbocycles. The van der Waals surface area contributed by atoms with Crippen molar-refractivity contribution in [1.29, 1.82) is 0 Å². The van der Waals surface area contributed by atoms with E-state index in [1.165, 1.54) is 11.5 Å². The van der Waals surface area contributed by atoms with Gasteiger partial charge in [0.15, 0.2) is 0 Å². The highest BCUT2D eigenvalue weighted by Crippen LogP contribution is 2.34. The van der Waals surface area contributed by atoms with Crippen molar-refractivity contribution in [2.24, 2.45) is 0 Å². The fourth-order valence-electron chi connectivity index (χ4n) is 1.88. The van der Waals surface area contributed by atoms with Crippen molar-refractivity contribution in [3.8, 4) is 10.4 Å². The number of hydrogen-bond acceptors (Lipinski definition) is 4. The third kappa shape index (κ3) is 2.84. The van der Waals surface area contributed by atoms with Gasteiger partial charge in [0.25, 0.3) is 0 Å². The maximum Gasteiger partial charge on any atom is 0.341 e. The third-order valence-electron chi connectivity index (χ3n) is 2.78. The molecule has 0 N–H and O–H groups in total. The van der Waals surface area contributed by atoms with Gasteiger partial charge in [0, 0.05) is 0 Å². The molecule has 4 heteroatoms. The first kappa shape index (κ1) is 13.7. The first-order valence-corrected chi connectivity index (χ1v) is 7.14. The molecule has 0 atom stereocenters. The van der Waals surface area contributed by atoms with E-state index in [1.807, 2.05) is 51.1 Å². The summed E-state index contributed by atoms with van der Waals surface area (Å²) in [6, 6.07) is 9.84. The molecule has 0 fully saturated rings. The van der Waals surface area contributed by atoms with Gasteiger partial charge in [-0.15, -0.1) is 0 Å². The summed E-state index contributed by atoms with van der Waals surface area (Å²) in [6.45, 7) is 6.26. The van der Waals surface area contributed by atoms with Gasteiger partial charge in [0.2, 0.25) is 0 Å². The number of hydrogen-bond donors (Lipinski definition) is 0. The lowest BCUT2D eigenvalue weighted by Crippen LogP contribution is -2.08. The van der Waals surface area contributed by atoms with Crippen LogP contribution in [0.1, 0.15) is 42.7 Å². The van der Waals surface area contributed by atoms with Crippen LogP contribution in [-0.2, 0) is 4.74 Å². The second kappa shape index (κ2) is 5.97. The fraction of sp³-hybridized carbons (Fsp3) is 0.333. The molecule has 0 amide bonds. The van der Waals surface area contributed by atoms with Crippen LogP contribution in [0.25, 0.3) is 10.4 Å². The summed E-state index contributed by atoms with van der Waals surface area (Å²) in [5.74, 6) is -0.0769. The molecule has 19 heavy (non-hydrogen) atoms. The Morgan fingerprint density at radius 2 is 2.00 bits per heavy atom. The van der Waals surface area contributed by atoms with E-state index >= 15 is 0 Å². The Bertz CT molecular complexity index is 561. The smallest absolute Gasteiger partial charge is 0.341 e. The average Bonchev–Trinajstić information content (AvgIpc) is 2.85. The molecule has 2 rings (SSSR count). The van der Waals surface area contributed by atoms with E-state index in [4.69, 9.17) is 4.74 Å². The summed E-state index contributed by atoms with van der Waals surface area (Å²) in [7, 11) is 0. The molecular weight excluding hydrogens is 258 g/mol. The van der Waals surface area contributed by atoms with Gasteiger partial charge in [-0.25, -0.2) is 4.79 Å². The summed E-state index contributed by atoms with van der Waals surface area (Å²) < 4.78 is 9.60. The maximum absolute atomic E-state index is 12.2. The molecule has 0 saturated carbocycles. The summed E-state index contributed by atoms with van der Waals surface area (Å²) in [5.41, 5.74) is 2.45. The molecule has 100 valence electrons. The standard InChI is InChI=1S/C15H17NO2S/c1-4-18-15(17)12-13(10(2)3)16-19-14(12)11-8-6-5-7-9-11/h5-10H,4H2,1-3H3. The zero-order valence-corrected chi connectivity index (χ0v) is 12.2. The number of carbonyl (C=O) groups is 1. The quantitative estimate of drug-likeness (QED) is 0.788. The van der Waals surface area contributed by atoms with Crippen molar-refractivity contribution in [3.63, 3.8) is 0 Å². The SMILES string of the molecule is CCOC(=O)c1c(C(C)C)nsc1-c1ccccc1. The zero-order valence-electron chi connectivity index (χ0n) is 11.3.